The fourth-order valence-electron chi connectivity index (χ4n) is 2.08. The van der Waals surface area contributed by atoms with Gasteiger partial charge in [-0.2, -0.15) is 0 Å². The largest absolute Gasteiger partial charge is 0.347 e. The minimum absolute atomic E-state index is 0.0132. The van der Waals surface area contributed by atoms with Gasteiger partial charge < -0.3 is 10.6 Å². The molecule has 0 radical (unpaired) electrons. The van der Waals surface area contributed by atoms with Crippen molar-refractivity contribution in [3.8, 4) is 0 Å². The fourth-order valence-corrected chi connectivity index (χ4v) is 3.14. The molecule has 1 aliphatic heterocycles. The molecule has 1 aromatic heterocycles. The van der Waals surface area contributed by atoms with E-state index in [2.05, 4.69) is 10.6 Å². The summed E-state index contributed by atoms with van der Waals surface area (Å²) < 4.78 is 0.756. The third-order valence-electron chi connectivity index (χ3n) is 3.24. The Bertz CT molecular complexity index is 412. The molecule has 2 heterocycles. The monoisotopic (exact) mass is 272 g/mol. The van der Waals surface area contributed by atoms with Crippen molar-refractivity contribution >= 4 is 28.8 Å². The van der Waals surface area contributed by atoms with E-state index in [1.807, 2.05) is 26.0 Å². The summed E-state index contributed by atoms with van der Waals surface area (Å²) in [5, 5.41) is 6.30. The highest BCUT2D eigenvalue weighted by molar-refractivity contribution is 7.16. The Morgan fingerprint density at radius 2 is 2.41 bits per heavy atom. The Labute approximate surface area is 111 Å². The standard InChI is InChI=1S/C12H17ClN2OS/c1-8(9-4-5-10(13)17-9)15-11(16)12(2)6-3-7-14-12/h4-5,8,14H,3,6-7H2,1-2H3,(H,15,16). The summed E-state index contributed by atoms with van der Waals surface area (Å²) in [4.78, 5) is 13.2. The number of rotatable bonds is 3. The van der Waals surface area contributed by atoms with Gasteiger partial charge in [-0.3, -0.25) is 4.79 Å². The number of thiophene rings is 1. The molecule has 2 N–H and O–H groups in total. The van der Waals surface area contributed by atoms with E-state index >= 15 is 0 Å². The van der Waals surface area contributed by atoms with Gasteiger partial charge in [0.05, 0.1) is 15.9 Å². The van der Waals surface area contributed by atoms with E-state index in [9.17, 15) is 4.79 Å². The second-order valence-corrected chi connectivity index (χ2v) is 6.45. The molecule has 0 saturated carbocycles. The molecule has 0 aromatic carbocycles. The minimum Gasteiger partial charge on any atom is -0.347 e. The first-order chi connectivity index (χ1) is 8.01. The number of hydrogen-bond acceptors (Lipinski definition) is 3. The van der Waals surface area contributed by atoms with Crippen molar-refractivity contribution in [3.05, 3.63) is 21.3 Å². The van der Waals surface area contributed by atoms with E-state index in [1.54, 1.807) is 0 Å². The Hall–Kier alpha value is -0.580. The van der Waals surface area contributed by atoms with Crippen LogP contribution in [0, 0.1) is 0 Å². The number of hydrogen-bond donors (Lipinski definition) is 2. The predicted molar refractivity (Wildman–Crippen MR) is 71.5 cm³/mol. The van der Waals surface area contributed by atoms with E-state index in [1.165, 1.54) is 11.3 Å². The second-order valence-electron chi connectivity index (χ2n) is 4.70. The van der Waals surface area contributed by atoms with Crippen LogP contribution in [0.5, 0.6) is 0 Å². The lowest BCUT2D eigenvalue weighted by Crippen LogP contribution is -2.51. The number of halogens is 1. The van der Waals surface area contributed by atoms with Crippen LogP contribution in [0.2, 0.25) is 4.34 Å². The molecule has 2 atom stereocenters. The van der Waals surface area contributed by atoms with Gasteiger partial charge in [-0.25, -0.2) is 0 Å². The van der Waals surface area contributed by atoms with Crippen LogP contribution >= 0.6 is 22.9 Å². The predicted octanol–water partition coefficient (Wildman–Crippen LogP) is 2.72. The molecule has 1 aliphatic rings. The van der Waals surface area contributed by atoms with Gasteiger partial charge in [0.1, 0.15) is 0 Å². The molecular weight excluding hydrogens is 256 g/mol. The van der Waals surface area contributed by atoms with Crippen molar-refractivity contribution < 1.29 is 4.79 Å². The summed E-state index contributed by atoms with van der Waals surface area (Å²) in [6.07, 6.45) is 1.96. The van der Waals surface area contributed by atoms with E-state index in [-0.39, 0.29) is 11.9 Å². The van der Waals surface area contributed by atoms with Crippen LogP contribution in [-0.4, -0.2) is 18.0 Å². The first-order valence-electron chi connectivity index (χ1n) is 5.82. The number of amides is 1. The summed E-state index contributed by atoms with van der Waals surface area (Å²) in [6, 6.07) is 3.83. The third-order valence-corrected chi connectivity index (χ3v) is 4.65. The molecule has 0 aliphatic carbocycles. The van der Waals surface area contributed by atoms with Crippen molar-refractivity contribution in [3.63, 3.8) is 0 Å². The molecule has 1 fully saturated rings. The molecule has 94 valence electrons. The highest BCUT2D eigenvalue weighted by Gasteiger charge is 2.36. The summed E-state index contributed by atoms with van der Waals surface area (Å²) in [7, 11) is 0. The highest BCUT2D eigenvalue weighted by Crippen LogP contribution is 2.27. The van der Waals surface area contributed by atoms with E-state index in [4.69, 9.17) is 11.6 Å². The van der Waals surface area contributed by atoms with Crippen molar-refractivity contribution in [2.24, 2.45) is 0 Å². The van der Waals surface area contributed by atoms with Crippen LogP contribution < -0.4 is 10.6 Å². The minimum atomic E-state index is -0.407. The molecule has 1 amide bonds. The summed E-state index contributed by atoms with van der Waals surface area (Å²) in [5.74, 6) is 0.0759. The number of carbonyl (C=O) groups is 1. The van der Waals surface area contributed by atoms with Crippen LogP contribution in [0.15, 0.2) is 12.1 Å². The van der Waals surface area contributed by atoms with E-state index < -0.39 is 5.54 Å². The average Bonchev–Trinajstić information content (AvgIpc) is 2.88. The number of carbonyl (C=O) groups excluding carboxylic acids is 1. The SMILES string of the molecule is CC(NC(=O)C1(C)CCCN1)c1ccc(Cl)s1. The molecule has 0 spiro atoms. The molecule has 2 unspecified atom stereocenters. The maximum Gasteiger partial charge on any atom is 0.240 e. The zero-order valence-corrected chi connectivity index (χ0v) is 11.6. The van der Waals surface area contributed by atoms with Gasteiger partial charge in [0, 0.05) is 4.88 Å². The molecule has 3 nitrogen and oxygen atoms in total. The van der Waals surface area contributed by atoms with Crippen LogP contribution in [0.25, 0.3) is 0 Å². The molecule has 5 heteroatoms. The normalized spacial score (nSPS) is 25.8. The van der Waals surface area contributed by atoms with Gasteiger partial charge in [-0.15, -0.1) is 11.3 Å². The molecule has 17 heavy (non-hydrogen) atoms. The smallest absolute Gasteiger partial charge is 0.240 e. The fraction of sp³-hybridized carbons (Fsp3) is 0.583. The Morgan fingerprint density at radius 1 is 1.65 bits per heavy atom. The van der Waals surface area contributed by atoms with Gasteiger partial charge in [0.15, 0.2) is 0 Å². The zero-order valence-electron chi connectivity index (χ0n) is 10.0. The topological polar surface area (TPSA) is 41.1 Å². The van der Waals surface area contributed by atoms with Crippen LogP contribution in [0.3, 0.4) is 0 Å². The summed E-state index contributed by atoms with van der Waals surface area (Å²) in [5.41, 5.74) is -0.407. The maximum atomic E-state index is 12.2. The van der Waals surface area contributed by atoms with Gasteiger partial charge in [0.2, 0.25) is 5.91 Å². The van der Waals surface area contributed by atoms with Crippen molar-refractivity contribution in [2.75, 3.05) is 6.54 Å². The van der Waals surface area contributed by atoms with E-state index in [0.29, 0.717) is 0 Å². The van der Waals surface area contributed by atoms with E-state index in [0.717, 1.165) is 28.6 Å². The third kappa shape index (κ3) is 2.81. The number of nitrogens with one attached hydrogen (secondary N) is 2. The first kappa shape index (κ1) is 12.9. The lowest BCUT2D eigenvalue weighted by Gasteiger charge is -2.25. The van der Waals surface area contributed by atoms with Gasteiger partial charge in [-0.1, -0.05) is 11.6 Å². The molecule has 0 bridgehead atoms. The summed E-state index contributed by atoms with van der Waals surface area (Å²) in [6.45, 7) is 4.87. The Kier molecular flexibility index (Phi) is 3.76. The van der Waals surface area contributed by atoms with Crippen molar-refractivity contribution in [2.45, 2.75) is 38.3 Å². The molecule has 1 aromatic rings. The maximum absolute atomic E-state index is 12.2. The Balaban J connectivity index is 1.99. The van der Waals surface area contributed by atoms with Gasteiger partial charge >= 0.3 is 0 Å². The lowest BCUT2D eigenvalue weighted by atomic mass is 9.99. The molecule has 1 saturated heterocycles. The van der Waals surface area contributed by atoms with Gasteiger partial charge in [-0.05, 0) is 45.4 Å². The molecular formula is C12H17ClN2OS. The van der Waals surface area contributed by atoms with Crippen molar-refractivity contribution in [1.82, 2.24) is 10.6 Å². The average molecular weight is 273 g/mol. The van der Waals surface area contributed by atoms with Crippen LogP contribution in [-0.2, 0) is 4.79 Å². The zero-order chi connectivity index (χ0) is 12.5. The van der Waals surface area contributed by atoms with Crippen molar-refractivity contribution in [1.29, 1.82) is 0 Å². The first-order valence-corrected chi connectivity index (χ1v) is 7.02. The lowest BCUT2D eigenvalue weighted by molar-refractivity contribution is -0.127. The quantitative estimate of drug-likeness (QED) is 0.888. The Morgan fingerprint density at radius 3 is 2.94 bits per heavy atom. The molecule has 2 rings (SSSR count). The van der Waals surface area contributed by atoms with Crippen LogP contribution in [0.1, 0.15) is 37.6 Å². The van der Waals surface area contributed by atoms with Gasteiger partial charge in [0.25, 0.3) is 0 Å². The summed E-state index contributed by atoms with van der Waals surface area (Å²) >= 11 is 7.40. The second kappa shape index (κ2) is 4.96. The van der Waals surface area contributed by atoms with Crippen LogP contribution in [0.4, 0.5) is 0 Å². The highest BCUT2D eigenvalue weighted by atomic mass is 35.5.